The Balaban J connectivity index is 1.88. The molecule has 0 spiro atoms. The summed E-state index contributed by atoms with van der Waals surface area (Å²) in [5, 5.41) is 0. The van der Waals surface area contributed by atoms with Crippen LogP contribution in [0.4, 0.5) is 8.78 Å². The highest BCUT2D eigenvalue weighted by Gasteiger charge is 2.43. The average molecular weight is 233 g/mol. The van der Waals surface area contributed by atoms with Crippen molar-refractivity contribution >= 4 is 5.97 Å². The third kappa shape index (κ3) is 2.19. The molecule has 1 heterocycles. The lowest BCUT2D eigenvalue weighted by Gasteiger charge is -2.46. The number of ether oxygens (including phenoxy) is 1. The van der Waals surface area contributed by atoms with Gasteiger partial charge in [-0.15, -0.1) is 0 Å². The van der Waals surface area contributed by atoms with Crippen LogP contribution in [0.25, 0.3) is 0 Å². The van der Waals surface area contributed by atoms with Gasteiger partial charge in [0.1, 0.15) is 6.04 Å². The maximum absolute atomic E-state index is 13.0. The molecule has 1 aliphatic heterocycles. The summed E-state index contributed by atoms with van der Waals surface area (Å²) in [6, 6.07) is -0.0563. The number of hydrogen-bond acceptors (Lipinski definition) is 3. The fourth-order valence-corrected chi connectivity index (χ4v) is 2.59. The maximum Gasteiger partial charge on any atom is 0.323 e. The van der Waals surface area contributed by atoms with E-state index in [9.17, 15) is 13.6 Å². The highest BCUT2D eigenvalue weighted by molar-refractivity contribution is 5.76. The second-order valence-corrected chi connectivity index (χ2v) is 4.65. The Morgan fingerprint density at radius 2 is 1.94 bits per heavy atom. The molecule has 3 nitrogen and oxygen atoms in total. The van der Waals surface area contributed by atoms with Gasteiger partial charge in [0.15, 0.2) is 0 Å². The lowest BCUT2D eigenvalue weighted by atomic mass is 9.87. The second kappa shape index (κ2) is 4.28. The number of carbonyl (C=O) groups is 1. The number of hydrogen-bond donors (Lipinski definition) is 0. The maximum atomic E-state index is 13.0. The number of rotatable bonds is 2. The van der Waals surface area contributed by atoms with Gasteiger partial charge in [-0.2, -0.15) is 0 Å². The van der Waals surface area contributed by atoms with Crippen LogP contribution in [0.5, 0.6) is 0 Å². The quantitative estimate of drug-likeness (QED) is 0.681. The van der Waals surface area contributed by atoms with E-state index in [4.69, 9.17) is 0 Å². The largest absolute Gasteiger partial charge is 0.468 e. The fraction of sp³-hybridized carbons (Fsp3) is 0.909. The Morgan fingerprint density at radius 1 is 1.31 bits per heavy atom. The summed E-state index contributed by atoms with van der Waals surface area (Å²) in [7, 11) is 1.37. The molecule has 0 amide bonds. The number of esters is 1. The minimum Gasteiger partial charge on any atom is -0.468 e. The van der Waals surface area contributed by atoms with Crippen molar-refractivity contribution in [2.24, 2.45) is 0 Å². The highest BCUT2D eigenvalue weighted by atomic mass is 19.3. The first-order valence-corrected chi connectivity index (χ1v) is 5.75. The van der Waals surface area contributed by atoms with Crippen molar-refractivity contribution in [1.29, 1.82) is 0 Å². The standard InChI is InChI=1S/C11H17F2NO2/c1-16-10(15)9-4-7-14(9)8-2-5-11(12,13)6-3-8/h8-9H,2-7H2,1H3/t9-/m1/s1. The summed E-state index contributed by atoms with van der Waals surface area (Å²) in [5.74, 6) is -2.73. The van der Waals surface area contributed by atoms with Gasteiger partial charge in [0, 0.05) is 25.4 Å². The molecule has 2 rings (SSSR count). The number of alkyl halides is 2. The molecule has 92 valence electrons. The fourth-order valence-electron chi connectivity index (χ4n) is 2.59. The molecule has 1 atom stereocenters. The van der Waals surface area contributed by atoms with Crippen LogP contribution in [0.15, 0.2) is 0 Å². The first-order valence-electron chi connectivity index (χ1n) is 5.75. The zero-order chi connectivity index (χ0) is 11.8. The van der Waals surface area contributed by atoms with Crippen LogP contribution in [-0.2, 0) is 9.53 Å². The third-order valence-corrected chi connectivity index (χ3v) is 3.69. The first kappa shape index (κ1) is 11.8. The highest BCUT2D eigenvalue weighted by Crippen LogP contribution is 2.37. The number of nitrogens with zero attached hydrogens (tertiary/aromatic N) is 1. The minimum atomic E-state index is -2.50. The lowest BCUT2D eigenvalue weighted by molar-refractivity contribution is -0.156. The van der Waals surface area contributed by atoms with Gasteiger partial charge >= 0.3 is 5.97 Å². The molecule has 0 radical (unpaired) electrons. The van der Waals surface area contributed by atoms with Crippen molar-refractivity contribution in [2.45, 2.75) is 50.1 Å². The number of likely N-dealkylation sites (tertiary alicyclic amines) is 1. The van der Waals surface area contributed by atoms with Gasteiger partial charge in [0.25, 0.3) is 0 Å². The second-order valence-electron chi connectivity index (χ2n) is 4.65. The zero-order valence-electron chi connectivity index (χ0n) is 9.42. The van der Waals surface area contributed by atoms with E-state index in [2.05, 4.69) is 4.74 Å². The summed E-state index contributed by atoms with van der Waals surface area (Å²) in [4.78, 5) is 13.4. The van der Waals surface area contributed by atoms with Crippen molar-refractivity contribution in [3.63, 3.8) is 0 Å². The SMILES string of the molecule is COC(=O)[C@H]1CCN1C1CCC(F)(F)CC1. The minimum absolute atomic E-state index is 0.0535. The van der Waals surface area contributed by atoms with Crippen molar-refractivity contribution in [3.8, 4) is 0 Å². The van der Waals surface area contributed by atoms with E-state index >= 15 is 0 Å². The number of carbonyl (C=O) groups excluding carboxylic acids is 1. The summed E-state index contributed by atoms with van der Waals surface area (Å²) < 4.78 is 30.6. The Bertz CT molecular complexity index is 273. The van der Waals surface area contributed by atoms with Crippen molar-refractivity contribution in [3.05, 3.63) is 0 Å². The van der Waals surface area contributed by atoms with Gasteiger partial charge in [-0.3, -0.25) is 9.69 Å². The number of halogens is 2. The van der Waals surface area contributed by atoms with E-state index in [-0.39, 0.29) is 30.9 Å². The molecular weight excluding hydrogens is 216 g/mol. The van der Waals surface area contributed by atoms with E-state index in [1.54, 1.807) is 0 Å². The number of methoxy groups -OCH3 is 1. The summed E-state index contributed by atoms with van der Waals surface area (Å²) in [6.45, 7) is 0.829. The summed E-state index contributed by atoms with van der Waals surface area (Å²) >= 11 is 0. The van der Waals surface area contributed by atoms with E-state index in [0.717, 1.165) is 13.0 Å². The van der Waals surface area contributed by atoms with Gasteiger partial charge in [0.2, 0.25) is 5.92 Å². The normalized spacial score (nSPS) is 30.8. The molecular formula is C11H17F2NO2. The molecule has 2 fully saturated rings. The monoisotopic (exact) mass is 233 g/mol. The van der Waals surface area contributed by atoms with Crippen LogP contribution < -0.4 is 0 Å². The Morgan fingerprint density at radius 3 is 2.38 bits per heavy atom. The summed E-state index contributed by atoms with van der Waals surface area (Å²) in [6.07, 6.45) is 1.66. The molecule has 1 aliphatic carbocycles. The predicted molar refractivity (Wildman–Crippen MR) is 54.3 cm³/mol. The molecule has 0 bridgehead atoms. The molecule has 1 saturated carbocycles. The van der Waals surface area contributed by atoms with Gasteiger partial charge in [-0.25, -0.2) is 8.78 Å². The lowest BCUT2D eigenvalue weighted by Crippen LogP contribution is -2.58. The third-order valence-electron chi connectivity index (χ3n) is 3.69. The summed E-state index contributed by atoms with van der Waals surface area (Å²) in [5.41, 5.74) is 0. The van der Waals surface area contributed by atoms with Gasteiger partial charge in [0.05, 0.1) is 7.11 Å². The first-order chi connectivity index (χ1) is 7.53. The molecule has 0 aromatic rings. The van der Waals surface area contributed by atoms with Gasteiger partial charge in [-0.1, -0.05) is 0 Å². The Labute approximate surface area is 93.7 Å². The Hall–Kier alpha value is -0.710. The average Bonchev–Trinajstić information content (AvgIpc) is 2.19. The topological polar surface area (TPSA) is 29.5 Å². The van der Waals surface area contributed by atoms with Crippen LogP contribution in [-0.4, -0.2) is 42.5 Å². The van der Waals surface area contributed by atoms with Gasteiger partial charge in [-0.05, 0) is 19.3 Å². The molecule has 0 unspecified atom stereocenters. The van der Waals surface area contributed by atoms with Crippen molar-refractivity contribution < 1.29 is 18.3 Å². The Kier molecular flexibility index (Phi) is 3.15. The molecule has 0 N–H and O–H groups in total. The van der Waals surface area contributed by atoms with Crippen LogP contribution >= 0.6 is 0 Å². The van der Waals surface area contributed by atoms with Crippen LogP contribution in [0.1, 0.15) is 32.1 Å². The van der Waals surface area contributed by atoms with Gasteiger partial charge < -0.3 is 4.74 Å². The molecule has 0 aromatic heterocycles. The smallest absolute Gasteiger partial charge is 0.323 e. The van der Waals surface area contributed by atoms with Crippen LogP contribution in [0, 0.1) is 0 Å². The van der Waals surface area contributed by atoms with E-state index in [1.807, 2.05) is 4.90 Å². The van der Waals surface area contributed by atoms with E-state index in [1.165, 1.54) is 7.11 Å². The van der Waals surface area contributed by atoms with Crippen LogP contribution in [0.3, 0.4) is 0 Å². The molecule has 16 heavy (non-hydrogen) atoms. The molecule has 1 saturated heterocycles. The molecule has 5 heteroatoms. The van der Waals surface area contributed by atoms with Crippen molar-refractivity contribution in [2.75, 3.05) is 13.7 Å². The zero-order valence-corrected chi connectivity index (χ0v) is 9.42. The molecule has 0 aromatic carbocycles. The van der Waals surface area contributed by atoms with Crippen LogP contribution in [0.2, 0.25) is 0 Å². The van der Waals surface area contributed by atoms with Crippen molar-refractivity contribution in [1.82, 2.24) is 4.90 Å². The van der Waals surface area contributed by atoms with E-state index < -0.39 is 5.92 Å². The van der Waals surface area contributed by atoms with E-state index in [0.29, 0.717) is 12.8 Å². The molecule has 2 aliphatic rings. The predicted octanol–water partition coefficient (Wildman–Crippen LogP) is 1.81.